The summed E-state index contributed by atoms with van der Waals surface area (Å²) in [5.74, 6) is -8.77. The summed E-state index contributed by atoms with van der Waals surface area (Å²) in [5, 5.41) is 20.6. The van der Waals surface area contributed by atoms with Crippen LogP contribution in [0.2, 0.25) is 0 Å². The second-order valence-electron chi connectivity index (χ2n) is 25.3. The van der Waals surface area contributed by atoms with E-state index in [0.29, 0.717) is 30.4 Å². The molecule has 5 rings (SSSR count). The maximum atomic E-state index is 15.6. The van der Waals surface area contributed by atoms with Crippen molar-refractivity contribution in [1.29, 1.82) is 0 Å². The lowest BCUT2D eigenvalue weighted by Gasteiger charge is -2.39. The molecule has 19 nitrogen and oxygen atoms in total. The number of carbonyl (C=O) groups excluding carboxylic acids is 9. The van der Waals surface area contributed by atoms with Crippen LogP contribution in [0.25, 0.3) is 11.1 Å². The molecule has 2 aliphatic heterocycles. The number of benzene rings is 3. The van der Waals surface area contributed by atoms with Crippen molar-refractivity contribution >= 4 is 53.2 Å². The fourth-order valence-corrected chi connectivity index (χ4v) is 11.9. The second kappa shape index (κ2) is 30.3. The number of aliphatic hydroxyl groups is 1. The second-order valence-corrected chi connectivity index (χ2v) is 25.3. The van der Waals surface area contributed by atoms with Crippen LogP contribution in [0, 0.1) is 29.6 Å². The monoisotopic (exact) mass is 1180 g/mol. The summed E-state index contributed by atoms with van der Waals surface area (Å²) in [6.45, 7) is 20.7. The minimum absolute atomic E-state index is 0.00529. The van der Waals surface area contributed by atoms with Crippen molar-refractivity contribution in [3.63, 3.8) is 0 Å². The van der Waals surface area contributed by atoms with Gasteiger partial charge in [0.15, 0.2) is 12.1 Å². The number of ether oxygens (including phenoxy) is 1. The fourth-order valence-electron chi connectivity index (χ4n) is 11.9. The van der Waals surface area contributed by atoms with Gasteiger partial charge in [0.2, 0.25) is 41.4 Å². The Bertz CT molecular complexity index is 2800. The van der Waals surface area contributed by atoms with Crippen LogP contribution in [-0.2, 0) is 60.7 Å². The molecular weight excluding hydrogens is 1080 g/mol. The zero-order valence-electron chi connectivity index (χ0n) is 53.1. The molecule has 3 aromatic carbocycles. The van der Waals surface area contributed by atoms with Gasteiger partial charge < -0.3 is 50.3 Å². The quantitative estimate of drug-likeness (QED) is 0.136. The zero-order chi connectivity index (χ0) is 63.4. The van der Waals surface area contributed by atoms with Crippen molar-refractivity contribution in [3.05, 3.63) is 96.1 Å². The van der Waals surface area contributed by atoms with Crippen LogP contribution < -0.4 is 16.0 Å². The molecule has 3 aromatic rings. The van der Waals surface area contributed by atoms with E-state index in [1.54, 1.807) is 53.7 Å². The lowest BCUT2D eigenvalue weighted by Crippen LogP contribution is -2.63. The standard InChI is InChI=1S/C66H96N8O11/c1-17-42(9)52-63(81)71(14)53(40(5)6)58(76)67-48(35-39(3)4)61(79)73(16)56(66(11,12)84)65(83)85-55(43(10)18-2)64(82)72(15)54(41(7)8)59(77)68-49(37-44-27-21-19-22-28-44)60(78)70(13)51(62(80)74-34-26-33-50(74)57(75)69-52)38-45-29-25-32-47(36-45)46-30-23-20-24-31-46/h19-25,27-32,36,39-43,48-56,84H,17-18,26,33-35,37-38H2,1-16H3,(H,67,76)(H,68,77)(H,69,75)/t42?,43?,48-,49-,50-,51-,52-,53-,54-,55+,56+/m0/s1. The van der Waals surface area contributed by atoms with E-state index in [0.717, 1.165) is 16.0 Å². The van der Waals surface area contributed by atoms with Crippen molar-refractivity contribution < 1.29 is 53.0 Å². The van der Waals surface area contributed by atoms with Gasteiger partial charge >= 0.3 is 5.97 Å². The van der Waals surface area contributed by atoms with E-state index in [2.05, 4.69) is 16.0 Å². The van der Waals surface area contributed by atoms with Crippen molar-refractivity contribution in [3.8, 4) is 11.1 Å². The molecule has 0 saturated carbocycles. The Hall–Kier alpha value is -7.15. The average molecular weight is 1180 g/mol. The number of esters is 1. The molecule has 11 atom stereocenters. The van der Waals surface area contributed by atoms with Crippen LogP contribution in [-0.4, -0.2) is 178 Å². The number of likely N-dealkylation sites (N-methyl/N-ethyl adjacent to an activating group) is 4. The Balaban J connectivity index is 1.73. The highest BCUT2D eigenvalue weighted by Crippen LogP contribution is 2.29. The molecule has 8 amide bonds. The molecule has 2 saturated heterocycles. The number of nitrogens with zero attached hydrogens (tertiary/aromatic N) is 5. The molecular formula is C66H96N8O11. The van der Waals surface area contributed by atoms with Crippen LogP contribution in [0.5, 0.6) is 0 Å². The zero-order valence-corrected chi connectivity index (χ0v) is 53.1. The molecule has 0 aliphatic carbocycles. The van der Waals surface area contributed by atoms with Crippen molar-refractivity contribution in [2.24, 2.45) is 29.6 Å². The molecule has 2 heterocycles. The first-order valence-corrected chi connectivity index (χ1v) is 30.3. The van der Waals surface area contributed by atoms with Gasteiger partial charge in [0.1, 0.15) is 42.3 Å². The van der Waals surface area contributed by atoms with Gasteiger partial charge in [-0.05, 0) is 85.5 Å². The van der Waals surface area contributed by atoms with Crippen molar-refractivity contribution in [2.75, 3.05) is 34.7 Å². The molecule has 2 aliphatic rings. The molecule has 2 unspecified atom stereocenters. The summed E-state index contributed by atoms with van der Waals surface area (Å²) in [6, 6.07) is 16.2. The van der Waals surface area contributed by atoms with Crippen LogP contribution in [0.4, 0.5) is 0 Å². The summed E-state index contributed by atoms with van der Waals surface area (Å²) in [7, 11) is 5.69. The molecule has 0 spiro atoms. The number of hydrogen-bond donors (Lipinski definition) is 4. The first kappa shape index (κ1) is 68.6. The highest BCUT2D eigenvalue weighted by Gasteiger charge is 2.48. The van der Waals surface area contributed by atoms with Gasteiger partial charge in [-0.25, -0.2) is 4.79 Å². The van der Waals surface area contributed by atoms with Crippen LogP contribution >= 0.6 is 0 Å². The Morgan fingerprint density at radius 3 is 1.62 bits per heavy atom. The van der Waals surface area contributed by atoms with Crippen molar-refractivity contribution in [2.45, 2.75) is 188 Å². The van der Waals surface area contributed by atoms with Crippen LogP contribution in [0.3, 0.4) is 0 Å². The van der Waals surface area contributed by atoms with Gasteiger partial charge in [0.25, 0.3) is 5.91 Å². The SMILES string of the molecule is CCC(C)[C@@H]1NC(=O)[C@@H]2CCCN2C(=O)[C@H](Cc2cccc(-c3ccccc3)c2)N(C)C(=O)[C@H](Cc2ccccc2)NC(=O)[C@H](C(C)C)N(C)C(=O)[C@@H](C(C)CC)OC(=O)[C@H](C(C)(C)O)N(C)C(=O)[C@H](CC(C)C)NC(=O)[C@H](C(C)C)N(C)C1=O. The summed E-state index contributed by atoms with van der Waals surface area (Å²) < 4.78 is 6.13. The lowest BCUT2D eigenvalue weighted by molar-refractivity contribution is -0.177. The molecule has 19 heteroatoms. The lowest BCUT2D eigenvalue weighted by atomic mass is 9.93. The largest absolute Gasteiger partial charge is 0.450 e. The summed E-state index contributed by atoms with van der Waals surface area (Å²) in [5.41, 5.74) is 1.22. The third kappa shape index (κ3) is 17.1. The number of cyclic esters (lactones) is 1. The summed E-state index contributed by atoms with van der Waals surface area (Å²) in [4.78, 5) is 142. The first-order valence-electron chi connectivity index (χ1n) is 30.3. The van der Waals surface area contributed by atoms with Gasteiger partial charge in [-0.3, -0.25) is 38.4 Å². The molecule has 0 radical (unpaired) electrons. The molecule has 0 bridgehead atoms. The maximum absolute atomic E-state index is 15.6. The molecule has 0 aromatic heterocycles. The normalized spacial score (nSPS) is 25.4. The van der Waals surface area contributed by atoms with E-state index in [1.807, 2.05) is 100 Å². The molecule has 2 fully saturated rings. The van der Waals surface area contributed by atoms with Gasteiger partial charge in [-0.1, -0.05) is 161 Å². The third-order valence-electron chi connectivity index (χ3n) is 17.0. The Morgan fingerprint density at radius 1 is 0.565 bits per heavy atom. The van der Waals surface area contributed by atoms with E-state index in [4.69, 9.17) is 4.74 Å². The van der Waals surface area contributed by atoms with E-state index < -0.39 is 137 Å². The first-order chi connectivity index (χ1) is 39.9. The van der Waals surface area contributed by atoms with E-state index in [9.17, 15) is 29.1 Å². The Morgan fingerprint density at radius 2 is 1.08 bits per heavy atom. The third-order valence-corrected chi connectivity index (χ3v) is 17.0. The van der Waals surface area contributed by atoms with E-state index >= 15 is 19.2 Å². The predicted octanol–water partition coefficient (Wildman–Crippen LogP) is 6.04. The maximum Gasteiger partial charge on any atom is 0.332 e. The smallest absolute Gasteiger partial charge is 0.332 e. The Kier molecular flexibility index (Phi) is 24.4. The summed E-state index contributed by atoms with van der Waals surface area (Å²) >= 11 is 0. The topological polar surface area (TPSA) is 235 Å². The van der Waals surface area contributed by atoms with Crippen LogP contribution in [0.1, 0.15) is 126 Å². The number of carbonyl (C=O) groups is 9. The van der Waals surface area contributed by atoms with Gasteiger partial charge in [-0.2, -0.15) is 0 Å². The number of amides is 8. The molecule has 85 heavy (non-hydrogen) atoms. The number of hydrogen-bond acceptors (Lipinski definition) is 11. The fraction of sp³-hybridized carbons (Fsp3) is 0.591. The van der Waals surface area contributed by atoms with Crippen LogP contribution in [0.15, 0.2) is 84.9 Å². The predicted molar refractivity (Wildman–Crippen MR) is 327 cm³/mol. The highest BCUT2D eigenvalue weighted by molar-refractivity contribution is 5.99. The summed E-state index contributed by atoms with van der Waals surface area (Å²) in [6.07, 6.45) is -0.0203. The number of nitrogens with one attached hydrogen (secondary N) is 3. The van der Waals surface area contributed by atoms with Gasteiger partial charge in [-0.15, -0.1) is 0 Å². The minimum Gasteiger partial charge on any atom is -0.450 e. The average Bonchev–Trinajstić information content (AvgIpc) is 2.75. The Labute approximate surface area is 504 Å². The van der Waals surface area contributed by atoms with Crippen molar-refractivity contribution in [1.82, 2.24) is 40.4 Å². The minimum atomic E-state index is -1.98. The molecule has 466 valence electrons. The van der Waals surface area contributed by atoms with E-state index in [1.165, 1.54) is 61.6 Å². The van der Waals surface area contributed by atoms with Gasteiger partial charge in [0, 0.05) is 53.5 Å². The number of rotatable bonds is 14. The van der Waals surface area contributed by atoms with Gasteiger partial charge in [0.05, 0.1) is 5.60 Å². The molecule has 4 N–H and O–H groups in total. The van der Waals surface area contributed by atoms with E-state index in [-0.39, 0.29) is 38.1 Å². The number of fused-ring (bicyclic) bond motifs is 1. The highest BCUT2D eigenvalue weighted by atomic mass is 16.6.